The van der Waals surface area contributed by atoms with Gasteiger partial charge in [0.15, 0.2) is 10.9 Å². The molecule has 0 saturated carbocycles. The molecule has 8 nitrogen and oxygen atoms in total. The first kappa shape index (κ1) is 27.3. The Balaban J connectivity index is 1.34. The van der Waals surface area contributed by atoms with Crippen LogP contribution in [0.3, 0.4) is 0 Å². The topological polar surface area (TPSA) is 100 Å². The number of nitrogens with one attached hydrogen (secondary N) is 2. The third-order valence-electron chi connectivity index (χ3n) is 5.78. The number of carbonyl (C=O) groups excluding carboxylic acids is 2. The monoisotopic (exact) mass is 548 g/mol. The van der Waals surface area contributed by atoms with E-state index in [1.807, 2.05) is 4.90 Å². The van der Waals surface area contributed by atoms with Gasteiger partial charge in [-0.25, -0.2) is 14.4 Å². The van der Waals surface area contributed by atoms with E-state index in [-0.39, 0.29) is 23.4 Å². The second-order valence-electron chi connectivity index (χ2n) is 8.60. The highest BCUT2D eigenvalue weighted by Gasteiger charge is 2.33. The molecular weight excluding hydrogens is 524 g/mol. The molecule has 3 heterocycles. The molecule has 2 N–H and O–H groups in total. The maximum absolute atomic E-state index is 13.2. The Hall–Kier alpha value is -3.71. The number of thiazole rings is 1. The van der Waals surface area contributed by atoms with E-state index in [0.29, 0.717) is 60.5 Å². The van der Waals surface area contributed by atoms with E-state index in [2.05, 4.69) is 25.6 Å². The molecule has 38 heavy (non-hydrogen) atoms. The van der Waals surface area contributed by atoms with Crippen molar-refractivity contribution in [3.63, 3.8) is 0 Å². The first-order valence-electron chi connectivity index (χ1n) is 11.7. The lowest BCUT2D eigenvalue weighted by molar-refractivity contribution is -0.134. The molecule has 0 spiro atoms. The van der Waals surface area contributed by atoms with Gasteiger partial charge in [0.2, 0.25) is 5.91 Å². The summed E-state index contributed by atoms with van der Waals surface area (Å²) in [5, 5.41) is 5.47. The molecule has 0 aliphatic carbocycles. The molecule has 2 atom stereocenters. The second-order valence-corrected chi connectivity index (χ2v) is 9.63. The van der Waals surface area contributed by atoms with Crippen molar-refractivity contribution < 1.29 is 27.2 Å². The van der Waals surface area contributed by atoms with Gasteiger partial charge in [-0.05, 0) is 18.1 Å². The van der Waals surface area contributed by atoms with Crippen LogP contribution in [0.5, 0.6) is 0 Å². The van der Waals surface area contributed by atoms with E-state index < -0.39 is 23.1 Å². The Morgan fingerprint density at radius 2 is 2.05 bits per heavy atom. The maximum Gasteiger partial charge on any atom is 0.427 e. The van der Waals surface area contributed by atoms with E-state index >= 15 is 0 Å². The number of rotatable bonds is 10. The zero-order valence-electron chi connectivity index (χ0n) is 20.0. The van der Waals surface area contributed by atoms with Gasteiger partial charge in [-0.15, -0.1) is 0 Å². The van der Waals surface area contributed by atoms with E-state index in [0.717, 1.165) is 6.20 Å². The van der Waals surface area contributed by atoms with Crippen molar-refractivity contribution >= 4 is 34.5 Å². The zero-order chi connectivity index (χ0) is 27.1. The van der Waals surface area contributed by atoms with E-state index in [9.17, 15) is 27.2 Å². The lowest BCUT2D eigenvalue weighted by Gasteiger charge is -2.13. The molecule has 0 bridgehead atoms. The Morgan fingerprint density at radius 1 is 1.21 bits per heavy atom. The van der Waals surface area contributed by atoms with E-state index in [4.69, 9.17) is 0 Å². The molecule has 1 aliphatic heterocycles. The van der Waals surface area contributed by atoms with Gasteiger partial charge in [0, 0.05) is 37.8 Å². The smallest absolute Gasteiger partial charge is 0.360 e. The molecule has 1 fully saturated rings. The number of hydrogen-bond acceptors (Lipinski definition) is 8. The summed E-state index contributed by atoms with van der Waals surface area (Å²) < 4.78 is 51.5. The third kappa shape index (κ3) is 7.42. The van der Waals surface area contributed by atoms with Gasteiger partial charge in [0.25, 0.3) is 0 Å². The van der Waals surface area contributed by atoms with Crippen LogP contribution in [-0.2, 0) is 15.8 Å². The van der Waals surface area contributed by atoms with E-state index in [1.54, 1.807) is 30.3 Å². The van der Waals surface area contributed by atoms with Crippen molar-refractivity contribution in [2.24, 2.45) is 0 Å². The quantitative estimate of drug-likeness (QED) is 0.218. The zero-order valence-corrected chi connectivity index (χ0v) is 20.8. The predicted molar refractivity (Wildman–Crippen MR) is 136 cm³/mol. The minimum absolute atomic E-state index is 0.0635. The van der Waals surface area contributed by atoms with Crippen LogP contribution in [-0.4, -0.2) is 64.4 Å². The van der Waals surface area contributed by atoms with Crippen LogP contribution in [0.15, 0.2) is 55.0 Å². The summed E-state index contributed by atoms with van der Waals surface area (Å²) in [5.41, 5.74) is 1.81. The van der Waals surface area contributed by atoms with Gasteiger partial charge in [0.05, 0.1) is 30.2 Å². The number of benzene rings is 1. The summed E-state index contributed by atoms with van der Waals surface area (Å²) in [6.45, 7) is 1.59. The van der Waals surface area contributed by atoms with Gasteiger partial charge < -0.3 is 15.4 Å². The first-order valence-corrected chi connectivity index (χ1v) is 12.5. The Labute approximate surface area is 219 Å². The van der Waals surface area contributed by atoms with Crippen molar-refractivity contribution in [1.29, 1.82) is 0 Å². The fourth-order valence-electron chi connectivity index (χ4n) is 3.83. The Kier molecular flexibility index (Phi) is 8.79. The summed E-state index contributed by atoms with van der Waals surface area (Å²) in [6.07, 6.45) is 2.61. The minimum atomic E-state index is -4.47. The number of aromatic nitrogens is 3. The second kappa shape index (κ2) is 12.2. The van der Waals surface area contributed by atoms with Crippen LogP contribution in [0.1, 0.15) is 22.8 Å². The molecule has 200 valence electrons. The fraction of sp³-hybridized carbons (Fsp3) is 0.320. The van der Waals surface area contributed by atoms with Crippen LogP contribution < -0.4 is 10.6 Å². The highest BCUT2D eigenvalue weighted by Crippen LogP contribution is 2.35. The van der Waals surface area contributed by atoms with Gasteiger partial charge in [0.1, 0.15) is 17.3 Å². The van der Waals surface area contributed by atoms with Crippen molar-refractivity contribution in [3.05, 3.63) is 65.4 Å². The number of alkyl halides is 4. The van der Waals surface area contributed by atoms with Crippen LogP contribution in [0.4, 0.5) is 28.5 Å². The predicted octanol–water partition coefficient (Wildman–Crippen LogP) is 4.55. The van der Waals surface area contributed by atoms with Crippen molar-refractivity contribution in [2.45, 2.75) is 24.7 Å². The number of amides is 1. The van der Waals surface area contributed by atoms with E-state index in [1.165, 1.54) is 18.5 Å². The molecule has 13 heteroatoms. The molecule has 1 amide bonds. The van der Waals surface area contributed by atoms with Crippen LogP contribution >= 0.6 is 11.3 Å². The lowest BCUT2D eigenvalue weighted by atomic mass is 9.97. The summed E-state index contributed by atoms with van der Waals surface area (Å²) in [7, 11) is 0. The summed E-state index contributed by atoms with van der Waals surface area (Å²) in [6, 6.07) is 6.99. The molecule has 1 aliphatic rings. The standard InChI is InChI=1S/C25H24F4N6O2S/c26-19-6-8-35(14-19)7-2-5-23(37)34-22-13-30-20(11-31-22)17-4-1-3-16(9-17)18(15-36)10-32-24-33-12-21(38-24)25(27,28)29/h1-5,9,11-13,15,18-19H,6-8,10,14H2,(H,32,33)(H,31,34,37)/b5-2+/t18-,19+/m0/s1. The number of anilines is 2. The lowest BCUT2D eigenvalue weighted by Crippen LogP contribution is -2.21. The normalized spacial score (nSPS) is 17.0. The fourth-order valence-corrected chi connectivity index (χ4v) is 4.52. The number of likely N-dealkylation sites (tertiary alicyclic amines) is 1. The molecular formula is C25H24F4N6O2S. The average Bonchev–Trinajstić information content (AvgIpc) is 3.54. The molecule has 0 radical (unpaired) electrons. The summed E-state index contributed by atoms with van der Waals surface area (Å²) in [4.78, 5) is 37.2. The van der Waals surface area contributed by atoms with Crippen LogP contribution in [0, 0.1) is 0 Å². The number of carbonyl (C=O) groups is 2. The SMILES string of the molecule is O=C[C@H](CNc1ncc(C(F)(F)F)s1)c1cccc(-c2cnc(NC(=O)/C=C/CN3CC[C@@H](F)C3)cn2)c1. The number of halogens is 4. The minimum Gasteiger partial charge on any atom is -0.360 e. The van der Waals surface area contributed by atoms with Crippen molar-refractivity contribution in [1.82, 2.24) is 19.9 Å². The first-order chi connectivity index (χ1) is 18.2. The van der Waals surface area contributed by atoms with Gasteiger partial charge >= 0.3 is 6.18 Å². The van der Waals surface area contributed by atoms with Crippen LogP contribution in [0.2, 0.25) is 0 Å². The van der Waals surface area contributed by atoms with Gasteiger partial charge in [-0.1, -0.05) is 35.6 Å². The van der Waals surface area contributed by atoms with Gasteiger partial charge in [-0.3, -0.25) is 14.7 Å². The average molecular weight is 549 g/mol. The Bertz CT molecular complexity index is 1280. The molecule has 0 unspecified atom stereocenters. The highest BCUT2D eigenvalue weighted by atomic mass is 32.1. The van der Waals surface area contributed by atoms with Crippen LogP contribution in [0.25, 0.3) is 11.3 Å². The number of nitrogens with zero attached hydrogens (tertiary/aromatic N) is 4. The summed E-state index contributed by atoms with van der Waals surface area (Å²) >= 11 is 0.472. The number of hydrogen-bond donors (Lipinski definition) is 2. The molecule has 1 aromatic carbocycles. The van der Waals surface area contributed by atoms with Gasteiger partial charge in [-0.2, -0.15) is 13.2 Å². The molecule has 1 saturated heterocycles. The van der Waals surface area contributed by atoms with Crippen molar-refractivity contribution in [2.75, 3.05) is 36.8 Å². The number of aldehydes is 1. The summed E-state index contributed by atoms with van der Waals surface area (Å²) in [5.74, 6) is -0.766. The molecule has 2 aromatic heterocycles. The van der Waals surface area contributed by atoms with Crippen molar-refractivity contribution in [3.8, 4) is 11.3 Å². The molecule has 4 rings (SSSR count). The maximum atomic E-state index is 13.2. The highest BCUT2D eigenvalue weighted by molar-refractivity contribution is 7.15. The molecule has 3 aromatic rings. The largest absolute Gasteiger partial charge is 0.427 e. The third-order valence-corrected chi connectivity index (χ3v) is 6.78. The Morgan fingerprint density at radius 3 is 2.71 bits per heavy atom.